The predicted octanol–water partition coefficient (Wildman–Crippen LogP) is -2.58. The molecule has 1 fully saturated rings. The van der Waals surface area contributed by atoms with E-state index in [1.54, 1.807) is 0 Å². The molecule has 1 aliphatic heterocycles. The van der Waals surface area contributed by atoms with E-state index in [9.17, 15) is 0 Å². The van der Waals surface area contributed by atoms with E-state index >= 15 is 0 Å². The Bertz CT molecular complexity index is 103. The molecular formula is C5H10O5. The van der Waals surface area contributed by atoms with Gasteiger partial charge in [-0.15, -0.1) is 0 Å². The van der Waals surface area contributed by atoms with Crippen LogP contribution < -0.4 is 0 Å². The van der Waals surface area contributed by atoms with E-state index in [4.69, 9.17) is 20.4 Å². The van der Waals surface area contributed by atoms with E-state index in [1.807, 2.05) is 0 Å². The minimum atomic E-state index is -1.41. The van der Waals surface area contributed by atoms with E-state index < -0.39 is 24.6 Å². The molecule has 0 radical (unpaired) electrons. The highest BCUT2D eigenvalue weighted by molar-refractivity contribution is 4.81. The third kappa shape index (κ3) is 1.28. The van der Waals surface area contributed by atoms with Crippen LogP contribution in [0.3, 0.4) is 0 Å². The summed E-state index contributed by atoms with van der Waals surface area (Å²) in [6, 6.07) is 0. The van der Waals surface area contributed by atoms with Gasteiger partial charge in [-0.05, 0) is 0 Å². The van der Waals surface area contributed by atoms with Crippen molar-refractivity contribution in [2.24, 2.45) is 0 Å². The summed E-state index contributed by atoms with van der Waals surface area (Å²) >= 11 is 0. The van der Waals surface area contributed by atoms with Crippen molar-refractivity contribution in [3.63, 3.8) is 0 Å². The zero-order valence-corrected chi connectivity index (χ0v) is 5.21. The third-order valence-electron chi connectivity index (χ3n) is 1.47. The van der Waals surface area contributed by atoms with Gasteiger partial charge in [0.25, 0.3) is 0 Å². The predicted molar refractivity (Wildman–Crippen MR) is 30.0 cm³/mol. The van der Waals surface area contributed by atoms with Crippen molar-refractivity contribution in [1.29, 1.82) is 0 Å². The number of rotatable bonds is 0. The fraction of sp³-hybridized carbons (Fsp3) is 1.00. The van der Waals surface area contributed by atoms with Crippen LogP contribution in [-0.4, -0.2) is 51.6 Å². The van der Waals surface area contributed by atoms with Gasteiger partial charge in [-0.2, -0.15) is 0 Å². The van der Waals surface area contributed by atoms with Gasteiger partial charge in [0.05, 0.1) is 6.61 Å². The van der Waals surface area contributed by atoms with Crippen molar-refractivity contribution >= 4 is 0 Å². The molecule has 1 saturated heterocycles. The Balaban J connectivity index is 2.52. The van der Waals surface area contributed by atoms with E-state index in [0.717, 1.165) is 0 Å². The number of aliphatic hydroxyl groups is 4. The average molecular weight is 150 g/mol. The molecule has 0 aromatic rings. The highest BCUT2D eigenvalue weighted by Crippen LogP contribution is 2.12. The summed E-state index contributed by atoms with van der Waals surface area (Å²) < 4.78 is 4.47. The molecule has 0 aliphatic carbocycles. The van der Waals surface area contributed by atoms with Crippen LogP contribution in [0.4, 0.5) is 0 Å². The normalized spacial score (nSPS) is 49.2. The first kappa shape index (κ1) is 7.90. The van der Waals surface area contributed by atoms with Crippen LogP contribution in [0.5, 0.6) is 0 Å². The Morgan fingerprint density at radius 2 is 1.60 bits per heavy atom. The van der Waals surface area contributed by atoms with Crippen molar-refractivity contribution in [3.05, 3.63) is 0 Å². The quantitative estimate of drug-likeness (QED) is 0.304. The molecule has 0 bridgehead atoms. The second-order valence-corrected chi connectivity index (χ2v) is 2.27. The number of hydrogen-bond acceptors (Lipinski definition) is 5. The van der Waals surface area contributed by atoms with Gasteiger partial charge in [-0.1, -0.05) is 0 Å². The van der Waals surface area contributed by atoms with Crippen molar-refractivity contribution in [2.45, 2.75) is 24.6 Å². The van der Waals surface area contributed by atoms with Crippen molar-refractivity contribution in [1.82, 2.24) is 0 Å². The van der Waals surface area contributed by atoms with Gasteiger partial charge >= 0.3 is 0 Å². The van der Waals surface area contributed by atoms with E-state index in [2.05, 4.69) is 4.74 Å². The molecule has 0 amide bonds. The van der Waals surface area contributed by atoms with Gasteiger partial charge in [-0.3, -0.25) is 0 Å². The number of ether oxygens (including phenoxy) is 1. The molecule has 0 aromatic carbocycles. The number of aliphatic hydroxyl groups excluding tert-OH is 4. The first-order chi connectivity index (χ1) is 4.63. The van der Waals surface area contributed by atoms with Crippen molar-refractivity contribution in [2.75, 3.05) is 6.61 Å². The third-order valence-corrected chi connectivity index (χ3v) is 1.47. The Labute approximate surface area is 57.5 Å². The summed E-state index contributed by atoms with van der Waals surface area (Å²) in [5.41, 5.74) is 0. The molecule has 4 N–H and O–H groups in total. The maximum absolute atomic E-state index is 8.88. The summed E-state index contributed by atoms with van der Waals surface area (Å²) in [6.07, 6.45) is -5.23. The monoisotopic (exact) mass is 150 g/mol. The van der Waals surface area contributed by atoms with Crippen LogP contribution in [-0.2, 0) is 4.74 Å². The highest BCUT2D eigenvalue weighted by Gasteiger charge is 2.36. The lowest BCUT2D eigenvalue weighted by Gasteiger charge is -2.31. The van der Waals surface area contributed by atoms with Crippen LogP contribution in [0.2, 0.25) is 0 Å². The van der Waals surface area contributed by atoms with Crippen LogP contribution >= 0.6 is 0 Å². The zero-order valence-electron chi connectivity index (χ0n) is 5.21. The summed E-state index contributed by atoms with van der Waals surface area (Å²) in [4.78, 5) is 0. The first-order valence-corrected chi connectivity index (χ1v) is 2.97. The van der Waals surface area contributed by atoms with E-state index in [-0.39, 0.29) is 6.61 Å². The smallest absolute Gasteiger partial charge is 0.183 e. The van der Waals surface area contributed by atoms with Gasteiger partial charge in [0.2, 0.25) is 0 Å². The number of hydrogen-bond donors (Lipinski definition) is 4. The average Bonchev–Trinajstić information content (AvgIpc) is 1.93. The maximum atomic E-state index is 8.88. The molecule has 10 heavy (non-hydrogen) atoms. The fourth-order valence-corrected chi connectivity index (χ4v) is 0.791. The largest absolute Gasteiger partial charge is 0.388 e. The molecule has 5 heteroatoms. The summed E-state index contributed by atoms with van der Waals surface area (Å²) in [5.74, 6) is 0. The van der Waals surface area contributed by atoms with E-state index in [0.29, 0.717) is 0 Å². The fourth-order valence-electron chi connectivity index (χ4n) is 0.791. The van der Waals surface area contributed by atoms with Crippen molar-refractivity contribution < 1.29 is 25.2 Å². The molecule has 5 nitrogen and oxygen atoms in total. The minimum Gasteiger partial charge on any atom is -0.388 e. The SMILES string of the molecule is OC1OC[C@H](O)[C@H](O)[C@@H]1O. The molecule has 1 aliphatic rings. The standard InChI is InChI=1S/C5H10O5/c6-2-1-10-5(9)4(8)3(2)7/h2-9H,1H2/t2-,3-,4-,5?/m0/s1. The molecule has 0 saturated carbocycles. The minimum absolute atomic E-state index is 0.153. The first-order valence-electron chi connectivity index (χ1n) is 2.97. The molecule has 0 aromatic heterocycles. The molecule has 4 atom stereocenters. The van der Waals surface area contributed by atoms with Crippen LogP contribution in [0.15, 0.2) is 0 Å². The summed E-state index contributed by atoms with van der Waals surface area (Å²) in [6.45, 7) is -0.153. The van der Waals surface area contributed by atoms with Gasteiger partial charge in [-0.25, -0.2) is 0 Å². The lowest BCUT2D eigenvalue weighted by atomic mass is 10.1. The molecule has 1 heterocycles. The molecule has 1 unspecified atom stereocenters. The van der Waals surface area contributed by atoms with Crippen LogP contribution in [0.25, 0.3) is 0 Å². The Hall–Kier alpha value is -0.200. The molecule has 1 rings (SSSR count). The summed E-state index contributed by atoms with van der Waals surface area (Å²) in [5, 5.41) is 35.3. The summed E-state index contributed by atoms with van der Waals surface area (Å²) in [7, 11) is 0. The Kier molecular flexibility index (Phi) is 2.22. The maximum Gasteiger partial charge on any atom is 0.183 e. The topological polar surface area (TPSA) is 90.2 Å². The Morgan fingerprint density at radius 3 is 2.10 bits per heavy atom. The zero-order chi connectivity index (χ0) is 7.72. The second kappa shape index (κ2) is 2.81. The van der Waals surface area contributed by atoms with Gasteiger partial charge in [0.1, 0.15) is 18.3 Å². The van der Waals surface area contributed by atoms with Gasteiger partial charge in [0.15, 0.2) is 6.29 Å². The molecule has 60 valence electrons. The van der Waals surface area contributed by atoms with Gasteiger partial charge < -0.3 is 25.2 Å². The molecular weight excluding hydrogens is 140 g/mol. The van der Waals surface area contributed by atoms with Crippen molar-refractivity contribution in [3.8, 4) is 0 Å². The van der Waals surface area contributed by atoms with Crippen LogP contribution in [0.1, 0.15) is 0 Å². The van der Waals surface area contributed by atoms with Gasteiger partial charge in [0, 0.05) is 0 Å². The van der Waals surface area contributed by atoms with E-state index in [1.165, 1.54) is 0 Å². The highest BCUT2D eigenvalue weighted by atomic mass is 16.6. The Morgan fingerprint density at radius 1 is 1.00 bits per heavy atom. The van der Waals surface area contributed by atoms with Crippen LogP contribution in [0, 0.1) is 0 Å². The molecule has 0 spiro atoms. The second-order valence-electron chi connectivity index (χ2n) is 2.27. The lowest BCUT2D eigenvalue weighted by Crippen LogP contribution is -2.52. The lowest BCUT2D eigenvalue weighted by molar-refractivity contribution is -0.252.